The van der Waals surface area contributed by atoms with Crippen molar-refractivity contribution in [1.29, 1.82) is 0 Å². The van der Waals surface area contributed by atoms with Crippen LogP contribution in [0.1, 0.15) is 40.9 Å². The molecule has 0 amide bonds. The van der Waals surface area contributed by atoms with Gasteiger partial charge >= 0.3 is 0 Å². The minimum Gasteiger partial charge on any atom is -0.383 e. The predicted molar refractivity (Wildman–Crippen MR) is 65.0 cm³/mol. The molecule has 1 aromatic heterocycles. The number of carbonyl (C=O) groups is 1. The van der Waals surface area contributed by atoms with E-state index < -0.39 is 0 Å². The van der Waals surface area contributed by atoms with E-state index in [0.29, 0.717) is 12.5 Å². The Morgan fingerprint density at radius 1 is 1.41 bits per heavy atom. The van der Waals surface area contributed by atoms with Gasteiger partial charge in [0.2, 0.25) is 5.78 Å². The molecule has 90 valence electrons. The molecule has 0 radical (unpaired) electrons. The van der Waals surface area contributed by atoms with E-state index in [1.165, 1.54) is 12.8 Å². The Morgan fingerprint density at radius 2 is 2.12 bits per heavy atom. The van der Waals surface area contributed by atoms with Gasteiger partial charge in [0.05, 0.1) is 5.69 Å². The molecular weight excluding hydrogens is 214 g/mol. The van der Waals surface area contributed by atoms with Crippen LogP contribution < -0.4 is 0 Å². The quantitative estimate of drug-likeness (QED) is 0.727. The molecule has 1 saturated carbocycles. The number of fused-ring (bicyclic) bond motifs is 1. The highest BCUT2D eigenvalue weighted by Crippen LogP contribution is 2.40. The first-order chi connectivity index (χ1) is 8.08. The Labute approximate surface area is 101 Å². The minimum absolute atomic E-state index is 0.168. The third-order valence-corrected chi connectivity index (χ3v) is 3.35. The maximum Gasteiger partial charge on any atom is 0.209 e. The molecule has 2 aliphatic carbocycles. The summed E-state index contributed by atoms with van der Waals surface area (Å²) < 4.78 is 2.15. The second-order valence-electron chi connectivity index (χ2n) is 5.18. The molecule has 0 spiro atoms. The second-order valence-corrected chi connectivity index (χ2v) is 5.18. The summed E-state index contributed by atoms with van der Waals surface area (Å²) in [5.74, 6) is 1.16. The van der Waals surface area contributed by atoms with Gasteiger partial charge in [-0.1, -0.05) is 0 Å². The Morgan fingerprint density at radius 3 is 2.71 bits per heavy atom. The fourth-order valence-electron chi connectivity index (χ4n) is 2.57. The molecule has 1 fully saturated rings. The first kappa shape index (κ1) is 10.6. The predicted octanol–water partition coefficient (Wildman–Crippen LogP) is 1.71. The van der Waals surface area contributed by atoms with Crippen LogP contribution in [0.15, 0.2) is 11.8 Å². The Bertz CT molecular complexity index is 521. The molecule has 0 N–H and O–H groups in total. The number of hydrogen-bond donors (Lipinski definition) is 0. The van der Waals surface area contributed by atoms with Crippen molar-refractivity contribution in [3.8, 4) is 0 Å². The summed E-state index contributed by atoms with van der Waals surface area (Å²) in [7, 11) is 3.88. The molecule has 4 nitrogen and oxygen atoms in total. The number of Topliss-reactive ketones (excluding diaryl/α,β-unsaturated/α-hetero) is 1. The van der Waals surface area contributed by atoms with Crippen molar-refractivity contribution in [1.82, 2.24) is 14.5 Å². The fourth-order valence-corrected chi connectivity index (χ4v) is 2.57. The number of rotatable bonds is 2. The summed E-state index contributed by atoms with van der Waals surface area (Å²) in [6.45, 7) is 2.00. The number of aryl methyl sites for hydroxylation is 1. The lowest BCUT2D eigenvalue weighted by atomic mass is 10.2. The molecule has 2 aliphatic rings. The van der Waals surface area contributed by atoms with Gasteiger partial charge in [-0.25, -0.2) is 4.98 Å². The van der Waals surface area contributed by atoms with Crippen LogP contribution >= 0.6 is 0 Å². The zero-order chi connectivity index (χ0) is 12.2. The third-order valence-electron chi connectivity index (χ3n) is 3.35. The molecule has 3 rings (SSSR count). The van der Waals surface area contributed by atoms with Gasteiger partial charge in [0.25, 0.3) is 0 Å². The normalized spacial score (nSPS) is 21.1. The van der Waals surface area contributed by atoms with Gasteiger partial charge in [-0.2, -0.15) is 0 Å². The molecule has 0 bridgehead atoms. The van der Waals surface area contributed by atoms with Crippen LogP contribution in [0.2, 0.25) is 0 Å². The van der Waals surface area contributed by atoms with E-state index in [0.717, 1.165) is 22.8 Å². The SMILES string of the molecule is Cc1nc2c(n1C1CC1)C(=O)/C(=C/N(C)C)C2. The Kier molecular flexibility index (Phi) is 2.15. The lowest BCUT2D eigenvalue weighted by molar-refractivity contribution is 0.102. The molecule has 1 heterocycles. The lowest BCUT2D eigenvalue weighted by Gasteiger charge is -2.08. The van der Waals surface area contributed by atoms with Crippen LogP contribution in [-0.2, 0) is 6.42 Å². The number of hydrogen-bond acceptors (Lipinski definition) is 3. The van der Waals surface area contributed by atoms with Gasteiger partial charge in [-0.05, 0) is 19.8 Å². The summed E-state index contributed by atoms with van der Waals surface area (Å²) in [5.41, 5.74) is 2.67. The summed E-state index contributed by atoms with van der Waals surface area (Å²) >= 11 is 0. The maximum absolute atomic E-state index is 12.3. The van der Waals surface area contributed by atoms with Crippen molar-refractivity contribution in [2.75, 3.05) is 14.1 Å². The first-order valence-electron chi connectivity index (χ1n) is 6.07. The highest BCUT2D eigenvalue weighted by molar-refractivity contribution is 6.11. The summed E-state index contributed by atoms with van der Waals surface area (Å²) in [4.78, 5) is 18.8. The van der Waals surface area contributed by atoms with E-state index in [4.69, 9.17) is 0 Å². The van der Waals surface area contributed by atoms with Crippen molar-refractivity contribution in [2.24, 2.45) is 0 Å². The topological polar surface area (TPSA) is 38.1 Å². The zero-order valence-corrected chi connectivity index (χ0v) is 10.5. The molecule has 0 unspecified atom stereocenters. The summed E-state index contributed by atoms with van der Waals surface area (Å²) in [6, 6.07) is 0.522. The van der Waals surface area contributed by atoms with Crippen molar-refractivity contribution in [3.05, 3.63) is 29.0 Å². The van der Waals surface area contributed by atoms with Crippen molar-refractivity contribution >= 4 is 5.78 Å². The van der Waals surface area contributed by atoms with Gasteiger partial charge < -0.3 is 9.47 Å². The van der Waals surface area contributed by atoms with E-state index in [1.54, 1.807) is 0 Å². The molecule has 0 aliphatic heterocycles. The first-order valence-corrected chi connectivity index (χ1v) is 6.07. The van der Waals surface area contributed by atoms with Gasteiger partial charge in [-0.3, -0.25) is 4.79 Å². The van der Waals surface area contributed by atoms with Crippen molar-refractivity contribution < 1.29 is 4.79 Å². The largest absolute Gasteiger partial charge is 0.383 e. The van der Waals surface area contributed by atoms with Crippen LogP contribution in [0.5, 0.6) is 0 Å². The van der Waals surface area contributed by atoms with Crippen LogP contribution in [0, 0.1) is 6.92 Å². The van der Waals surface area contributed by atoms with Crippen LogP contribution in [-0.4, -0.2) is 34.3 Å². The number of allylic oxidation sites excluding steroid dienone is 1. The van der Waals surface area contributed by atoms with Gasteiger partial charge in [-0.15, -0.1) is 0 Å². The van der Waals surface area contributed by atoms with Crippen LogP contribution in [0.4, 0.5) is 0 Å². The Balaban J connectivity index is 2.04. The fraction of sp³-hybridized carbons (Fsp3) is 0.538. The number of aromatic nitrogens is 2. The highest BCUT2D eigenvalue weighted by Gasteiger charge is 2.37. The standard InChI is InChI=1S/C13H17N3O/c1-8-14-11-6-9(7-15(2)3)13(17)12(11)16(8)10-4-5-10/h7,10H,4-6H2,1-3H3/b9-7+. The molecule has 1 aromatic rings. The minimum atomic E-state index is 0.168. The van der Waals surface area contributed by atoms with Crippen LogP contribution in [0.25, 0.3) is 0 Å². The van der Waals surface area contributed by atoms with E-state index >= 15 is 0 Å². The van der Waals surface area contributed by atoms with E-state index in [9.17, 15) is 4.79 Å². The second kappa shape index (κ2) is 3.45. The average molecular weight is 231 g/mol. The summed E-state index contributed by atoms with van der Waals surface area (Å²) in [5, 5.41) is 0. The number of nitrogens with zero attached hydrogens (tertiary/aromatic N) is 3. The number of carbonyl (C=O) groups excluding carboxylic acids is 1. The molecule has 0 aromatic carbocycles. The smallest absolute Gasteiger partial charge is 0.209 e. The maximum atomic E-state index is 12.3. The monoisotopic (exact) mass is 231 g/mol. The van der Waals surface area contributed by atoms with E-state index in [2.05, 4.69) is 9.55 Å². The highest BCUT2D eigenvalue weighted by atomic mass is 16.1. The molecule has 0 saturated heterocycles. The number of imidazole rings is 1. The zero-order valence-electron chi connectivity index (χ0n) is 10.5. The van der Waals surface area contributed by atoms with Crippen molar-refractivity contribution in [2.45, 2.75) is 32.2 Å². The van der Waals surface area contributed by atoms with Gasteiger partial charge in [0.1, 0.15) is 11.5 Å². The van der Waals surface area contributed by atoms with Gasteiger partial charge in [0, 0.05) is 38.3 Å². The molecule has 0 atom stereocenters. The van der Waals surface area contributed by atoms with Crippen molar-refractivity contribution in [3.63, 3.8) is 0 Å². The average Bonchev–Trinajstić information content (AvgIpc) is 2.95. The molecule has 4 heteroatoms. The number of ketones is 1. The molecular formula is C13H17N3O. The Hall–Kier alpha value is -1.58. The molecule has 17 heavy (non-hydrogen) atoms. The van der Waals surface area contributed by atoms with Crippen LogP contribution in [0.3, 0.4) is 0 Å². The van der Waals surface area contributed by atoms with E-state index in [1.807, 2.05) is 32.1 Å². The van der Waals surface area contributed by atoms with E-state index in [-0.39, 0.29) is 5.78 Å². The third kappa shape index (κ3) is 1.59. The lowest BCUT2D eigenvalue weighted by Crippen LogP contribution is -2.11. The van der Waals surface area contributed by atoms with Gasteiger partial charge in [0.15, 0.2) is 0 Å². The summed E-state index contributed by atoms with van der Waals surface area (Å²) in [6.07, 6.45) is 4.97.